The number of nitriles is 1. The SMILES string of the molecule is CC(CF)c1cc(F)cc(C#N)c1. The summed E-state index contributed by atoms with van der Waals surface area (Å²) in [4.78, 5) is 0. The largest absolute Gasteiger partial charge is 0.250 e. The minimum atomic E-state index is -0.547. The van der Waals surface area contributed by atoms with Gasteiger partial charge in [0.2, 0.25) is 0 Å². The third kappa shape index (κ3) is 2.25. The number of hydrogen-bond acceptors (Lipinski definition) is 1. The monoisotopic (exact) mass is 181 g/mol. The van der Waals surface area contributed by atoms with Gasteiger partial charge < -0.3 is 0 Å². The molecule has 0 N–H and O–H groups in total. The third-order valence-electron chi connectivity index (χ3n) is 1.85. The average Bonchev–Trinajstić information content (AvgIpc) is 2.15. The van der Waals surface area contributed by atoms with Gasteiger partial charge in [0.05, 0.1) is 18.3 Å². The second-order valence-electron chi connectivity index (χ2n) is 2.94. The molecule has 0 aromatic heterocycles. The molecule has 1 nitrogen and oxygen atoms in total. The van der Waals surface area contributed by atoms with Gasteiger partial charge in [0.1, 0.15) is 5.82 Å². The molecule has 1 rings (SSSR count). The van der Waals surface area contributed by atoms with Gasteiger partial charge in [0.25, 0.3) is 0 Å². The van der Waals surface area contributed by atoms with Gasteiger partial charge in [-0.2, -0.15) is 5.26 Å². The molecule has 1 atom stereocenters. The van der Waals surface area contributed by atoms with E-state index in [1.165, 1.54) is 12.1 Å². The Morgan fingerprint density at radius 1 is 1.46 bits per heavy atom. The maximum absolute atomic E-state index is 12.8. The van der Waals surface area contributed by atoms with E-state index in [-0.39, 0.29) is 11.5 Å². The quantitative estimate of drug-likeness (QED) is 0.688. The van der Waals surface area contributed by atoms with Crippen molar-refractivity contribution in [3.05, 3.63) is 35.1 Å². The first kappa shape index (κ1) is 9.66. The molecular formula is C10H9F2N. The second-order valence-corrected chi connectivity index (χ2v) is 2.94. The smallest absolute Gasteiger partial charge is 0.124 e. The number of halogens is 2. The van der Waals surface area contributed by atoms with Crippen LogP contribution in [0.2, 0.25) is 0 Å². The summed E-state index contributed by atoms with van der Waals surface area (Å²) in [5.74, 6) is -0.850. The Hall–Kier alpha value is -1.43. The topological polar surface area (TPSA) is 23.8 Å². The molecule has 0 bridgehead atoms. The van der Waals surface area contributed by atoms with E-state index in [1.54, 1.807) is 6.92 Å². The van der Waals surface area contributed by atoms with Crippen LogP contribution in [0.15, 0.2) is 18.2 Å². The van der Waals surface area contributed by atoms with Crippen molar-refractivity contribution < 1.29 is 8.78 Å². The molecule has 0 fully saturated rings. The Labute approximate surface area is 75.6 Å². The van der Waals surface area contributed by atoms with Gasteiger partial charge in [-0.25, -0.2) is 4.39 Å². The van der Waals surface area contributed by atoms with Crippen LogP contribution >= 0.6 is 0 Å². The molecule has 0 aliphatic carbocycles. The highest BCUT2D eigenvalue weighted by atomic mass is 19.1. The molecule has 0 saturated carbocycles. The van der Waals surface area contributed by atoms with Crippen LogP contribution in [0.5, 0.6) is 0 Å². The van der Waals surface area contributed by atoms with Crippen LogP contribution in [-0.4, -0.2) is 6.67 Å². The first-order valence-corrected chi connectivity index (χ1v) is 3.94. The fourth-order valence-corrected chi connectivity index (χ4v) is 1.05. The second kappa shape index (κ2) is 3.99. The summed E-state index contributed by atoms with van der Waals surface area (Å²) in [6.07, 6.45) is 0. The van der Waals surface area contributed by atoms with Gasteiger partial charge in [0.15, 0.2) is 0 Å². The first-order valence-electron chi connectivity index (χ1n) is 3.94. The van der Waals surface area contributed by atoms with Crippen molar-refractivity contribution in [1.29, 1.82) is 5.26 Å². The van der Waals surface area contributed by atoms with E-state index in [1.807, 2.05) is 6.07 Å². The van der Waals surface area contributed by atoms with Gasteiger partial charge in [-0.05, 0) is 23.8 Å². The zero-order valence-electron chi connectivity index (χ0n) is 7.22. The standard InChI is InChI=1S/C10H9F2N/c1-7(5-11)9-2-8(6-13)3-10(12)4-9/h2-4,7H,5H2,1H3. The highest BCUT2D eigenvalue weighted by molar-refractivity contribution is 5.35. The Morgan fingerprint density at radius 2 is 2.15 bits per heavy atom. The van der Waals surface area contributed by atoms with Crippen molar-refractivity contribution >= 4 is 0 Å². The van der Waals surface area contributed by atoms with Crippen LogP contribution in [0.25, 0.3) is 0 Å². The molecule has 0 aliphatic heterocycles. The molecule has 1 aromatic carbocycles. The highest BCUT2D eigenvalue weighted by Gasteiger charge is 2.07. The Balaban J connectivity index is 3.10. The van der Waals surface area contributed by atoms with Crippen molar-refractivity contribution in [2.45, 2.75) is 12.8 Å². The lowest BCUT2D eigenvalue weighted by Crippen LogP contribution is -1.97. The van der Waals surface area contributed by atoms with Gasteiger partial charge in [-0.3, -0.25) is 4.39 Å². The molecule has 0 aliphatic rings. The van der Waals surface area contributed by atoms with E-state index in [9.17, 15) is 8.78 Å². The van der Waals surface area contributed by atoms with Gasteiger partial charge in [-0.1, -0.05) is 6.92 Å². The van der Waals surface area contributed by atoms with Crippen molar-refractivity contribution in [2.75, 3.05) is 6.67 Å². The molecular weight excluding hydrogens is 172 g/mol. The maximum Gasteiger partial charge on any atom is 0.124 e. The molecule has 0 saturated heterocycles. The summed E-state index contributed by atoms with van der Waals surface area (Å²) in [6.45, 7) is 1.10. The lowest BCUT2D eigenvalue weighted by atomic mass is 10.0. The molecule has 0 amide bonds. The van der Waals surface area contributed by atoms with Crippen molar-refractivity contribution in [3.63, 3.8) is 0 Å². The number of nitrogens with zero attached hydrogens (tertiary/aromatic N) is 1. The normalized spacial score (nSPS) is 12.2. The predicted molar refractivity (Wildman–Crippen MR) is 45.5 cm³/mol. The Kier molecular flexibility index (Phi) is 2.97. The van der Waals surface area contributed by atoms with Crippen LogP contribution in [0, 0.1) is 17.1 Å². The molecule has 1 aromatic rings. The van der Waals surface area contributed by atoms with Crippen molar-refractivity contribution in [3.8, 4) is 6.07 Å². The number of hydrogen-bond donors (Lipinski definition) is 0. The van der Waals surface area contributed by atoms with Gasteiger partial charge >= 0.3 is 0 Å². The van der Waals surface area contributed by atoms with Crippen molar-refractivity contribution in [1.82, 2.24) is 0 Å². The summed E-state index contributed by atoms with van der Waals surface area (Å²) in [5, 5.41) is 8.53. The zero-order valence-corrected chi connectivity index (χ0v) is 7.22. The minimum Gasteiger partial charge on any atom is -0.250 e. The van der Waals surface area contributed by atoms with Crippen LogP contribution in [0.1, 0.15) is 24.0 Å². The molecule has 68 valence electrons. The summed E-state index contributed by atoms with van der Waals surface area (Å²) < 4.78 is 25.1. The summed E-state index contributed by atoms with van der Waals surface area (Å²) in [6, 6.07) is 5.72. The molecule has 0 radical (unpaired) electrons. The third-order valence-corrected chi connectivity index (χ3v) is 1.85. The Morgan fingerprint density at radius 3 is 2.69 bits per heavy atom. The highest BCUT2D eigenvalue weighted by Crippen LogP contribution is 2.18. The lowest BCUT2D eigenvalue weighted by Gasteiger charge is -2.06. The fraction of sp³-hybridized carbons (Fsp3) is 0.300. The van der Waals surface area contributed by atoms with Gasteiger partial charge in [0, 0.05) is 5.92 Å². The molecule has 1 unspecified atom stereocenters. The molecule has 3 heteroatoms. The number of alkyl halides is 1. The molecule has 0 spiro atoms. The van der Waals surface area contributed by atoms with Crippen molar-refractivity contribution in [2.24, 2.45) is 0 Å². The maximum atomic E-state index is 12.8. The van der Waals surface area contributed by atoms with Gasteiger partial charge in [-0.15, -0.1) is 0 Å². The number of rotatable bonds is 2. The average molecular weight is 181 g/mol. The van der Waals surface area contributed by atoms with E-state index < -0.39 is 12.5 Å². The predicted octanol–water partition coefficient (Wildman–Crippen LogP) is 2.77. The minimum absolute atomic E-state index is 0.232. The van der Waals surface area contributed by atoms with Crippen LogP contribution in [0.4, 0.5) is 8.78 Å². The van der Waals surface area contributed by atoms with E-state index in [4.69, 9.17) is 5.26 Å². The van der Waals surface area contributed by atoms with E-state index in [2.05, 4.69) is 0 Å². The summed E-state index contributed by atoms with van der Waals surface area (Å²) in [5.41, 5.74) is 0.759. The van der Waals surface area contributed by atoms with Crippen LogP contribution in [-0.2, 0) is 0 Å². The summed E-state index contributed by atoms with van der Waals surface area (Å²) in [7, 11) is 0. The van der Waals surface area contributed by atoms with Crippen LogP contribution in [0.3, 0.4) is 0 Å². The molecule has 0 heterocycles. The first-order chi connectivity index (χ1) is 6.17. The number of benzene rings is 1. The molecule has 13 heavy (non-hydrogen) atoms. The van der Waals surface area contributed by atoms with E-state index in [0.29, 0.717) is 5.56 Å². The lowest BCUT2D eigenvalue weighted by molar-refractivity contribution is 0.446. The van der Waals surface area contributed by atoms with E-state index in [0.717, 1.165) is 6.07 Å². The van der Waals surface area contributed by atoms with Crippen LogP contribution < -0.4 is 0 Å². The Bertz CT molecular complexity index is 341. The fourth-order valence-electron chi connectivity index (χ4n) is 1.05. The zero-order chi connectivity index (χ0) is 9.84. The summed E-state index contributed by atoms with van der Waals surface area (Å²) >= 11 is 0. The van der Waals surface area contributed by atoms with E-state index >= 15 is 0 Å².